The number of nitrogens with zero attached hydrogens (tertiary/aromatic N) is 2. The zero-order valence-electron chi connectivity index (χ0n) is 12.6. The van der Waals surface area contributed by atoms with E-state index in [9.17, 15) is 24.9 Å². The minimum absolute atomic E-state index is 0.117. The first-order valence-corrected chi connectivity index (χ1v) is 7.49. The van der Waals surface area contributed by atoms with Crippen molar-refractivity contribution in [1.82, 2.24) is 9.47 Å². The van der Waals surface area contributed by atoms with Gasteiger partial charge < -0.3 is 19.9 Å². The Morgan fingerprint density at radius 1 is 1.50 bits per heavy atom. The normalized spacial score (nSPS) is 20.2. The van der Waals surface area contributed by atoms with Crippen LogP contribution in [-0.2, 0) is 11.3 Å². The summed E-state index contributed by atoms with van der Waals surface area (Å²) in [6, 6.07) is 0.518. The lowest BCUT2D eigenvalue weighted by atomic mass is 10.2. The number of hydrogen-bond acceptors (Lipinski definition) is 5. The highest BCUT2D eigenvalue weighted by Crippen LogP contribution is 2.23. The first kappa shape index (κ1) is 16.5. The van der Waals surface area contributed by atoms with Gasteiger partial charge in [0.25, 0.3) is 0 Å². The molecule has 1 aliphatic heterocycles. The molecular formula is C15H22N2O5. The Hall–Kier alpha value is -1.86. The van der Waals surface area contributed by atoms with Gasteiger partial charge in [-0.05, 0) is 25.8 Å². The van der Waals surface area contributed by atoms with E-state index >= 15 is 0 Å². The van der Waals surface area contributed by atoms with Crippen LogP contribution in [0.25, 0.3) is 0 Å². The molecule has 0 aliphatic carbocycles. The summed E-state index contributed by atoms with van der Waals surface area (Å²) >= 11 is 0. The highest BCUT2D eigenvalue weighted by molar-refractivity contribution is 5.73. The molecule has 1 fully saturated rings. The molecule has 2 unspecified atom stereocenters. The third kappa shape index (κ3) is 3.31. The van der Waals surface area contributed by atoms with Crippen molar-refractivity contribution in [3.8, 4) is 5.75 Å². The second kappa shape index (κ2) is 6.93. The number of aliphatic carboxylic acids is 1. The molecule has 3 N–H and O–H groups in total. The lowest BCUT2D eigenvalue weighted by Gasteiger charge is -2.26. The third-order valence-corrected chi connectivity index (χ3v) is 4.23. The van der Waals surface area contributed by atoms with Gasteiger partial charge in [-0.2, -0.15) is 0 Å². The fourth-order valence-corrected chi connectivity index (χ4v) is 2.96. The zero-order valence-corrected chi connectivity index (χ0v) is 12.6. The van der Waals surface area contributed by atoms with E-state index in [4.69, 9.17) is 0 Å². The Labute approximate surface area is 128 Å². The van der Waals surface area contributed by atoms with Crippen molar-refractivity contribution in [2.75, 3.05) is 13.2 Å². The maximum Gasteiger partial charge on any atom is 0.320 e. The van der Waals surface area contributed by atoms with Gasteiger partial charge in [-0.1, -0.05) is 6.92 Å². The average Bonchev–Trinajstić information content (AvgIpc) is 2.93. The second-order valence-corrected chi connectivity index (χ2v) is 5.63. The van der Waals surface area contributed by atoms with Crippen molar-refractivity contribution in [1.29, 1.82) is 0 Å². The lowest BCUT2D eigenvalue weighted by molar-refractivity contribution is -0.142. The molecule has 0 amide bonds. The Kier molecular flexibility index (Phi) is 5.20. The lowest BCUT2D eigenvalue weighted by Crippen LogP contribution is -2.36. The van der Waals surface area contributed by atoms with E-state index in [0.717, 1.165) is 6.42 Å². The summed E-state index contributed by atoms with van der Waals surface area (Å²) in [4.78, 5) is 24.8. The summed E-state index contributed by atoms with van der Waals surface area (Å²) in [5.74, 6) is -1.23. The number of aliphatic hydroxyl groups is 1. The van der Waals surface area contributed by atoms with Gasteiger partial charge in [-0.15, -0.1) is 0 Å². The summed E-state index contributed by atoms with van der Waals surface area (Å²) < 4.78 is 1.67. The highest BCUT2D eigenvalue weighted by atomic mass is 16.4. The molecule has 22 heavy (non-hydrogen) atoms. The second-order valence-electron chi connectivity index (χ2n) is 5.63. The van der Waals surface area contributed by atoms with E-state index in [1.165, 1.54) is 12.3 Å². The number of likely N-dealkylation sites (tertiary alicyclic amines) is 1. The molecule has 0 bridgehead atoms. The van der Waals surface area contributed by atoms with Crippen molar-refractivity contribution < 1.29 is 20.1 Å². The van der Waals surface area contributed by atoms with E-state index in [-0.39, 0.29) is 18.4 Å². The van der Waals surface area contributed by atoms with E-state index in [1.807, 2.05) is 11.8 Å². The quantitative estimate of drug-likeness (QED) is 0.709. The number of carboxylic acid groups (broad SMARTS) is 1. The number of aromatic hydroxyl groups is 1. The maximum atomic E-state index is 11.7. The Morgan fingerprint density at radius 2 is 2.23 bits per heavy atom. The van der Waals surface area contributed by atoms with Crippen molar-refractivity contribution in [3.05, 3.63) is 28.2 Å². The maximum absolute atomic E-state index is 11.7. The molecule has 0 aromatic carbocycles. The van der Waals surface area contributed by atoms with E-state index in [1.54, 1.807) is 4.57 Å². The van der Waals surface area contributed by atoms with Gasteiger partial charge >= 0.3 is 5.97 Å². The number of carboxylic acids is 1. The number of hydrogen-bond donors (Lipinski definition) is 3. The van der Waals surface area contributed by atoms with Gasteiger partial charge in [0.2, 0.25) is 5.43 Å². The molecule has 7 heteroatoms. The van der Waals surface area contributed by atoms with Crippen LogP contribution in [0.4, 0.5) is 0 Å². The standard InChI is InChI=1S/C15H22N2O5/c1-2-10(9-18)17-8-14(20)13(19)6-11(17)7-16-5-3-4-12(16)15(21)22/h6,8,10,12,18,20H,2-5,7,9H2,1H3,(H,21,22). The van der Waals surface area contributed by atoms with E-state index < -0.39 is 17.4 Å². The van der Waals surface area contributed by atoms with Crippen molar-refractivity contribution in [2.24, 2.45) is 0 Å². The summed E-state index contributed by atoms with van der Waals surface area (Å²) in [5, 5.41) is 28.4. The van der Waals surface area contributed by atoms with Crippen LogP contribution in [0.3, 0.4) is 0 Å². The Balaban J connectivity index is 2.35. The number of aliphatic hydroxyl groups excluding tert-OH is 1. The third-order valence-electron chi connectivity index (χ3n) is 4.23. The minimum Gasteiger partial charge on any atom is -0.503 e. The molecule has 1 aromatic rings. The Bertz CT molecular complexity index is 594. The predicted molar refractivity (Wildman–Crippen MR) is 79.8 cm³/mol. The molecule has 1 saturated heterocycles. The highest BCUT2D eigenvalue weighted by Gasteiger charge is 2.31. The molecule has 122 valence electrons. The van der Waals surface area contributed by atoms with Crippen LogP contribution in [0.2, 0.25) is 0 Å². The van der Waals surface area contributed by atoms with Crippen LogP contribution in [0.15, 0.2) is 17.1 Å². The van der Waals surface area contributed by atoms with Gasteiger partial charge in [0.15, 0.2) is 5.75 Å². The molecule has 0 radical (unpaired) electrons. The topological polar surface area (TPSA) is 103 Å². The van der Waals surface area contributed by atoms with Crippen LogP contribution >= 0.6 is 0 Å². The zero-order chi connectivity index (χ0) is 16.3. The van der Waals surface area contributed by atoms with Crippen LogP contribution in [-0.4, -0.2) is 49.9 Å². The molecule has 7 nitrogen and oxygen atoms in total. The van der Waals surface area contributed by atoms with Crippen molar-refractivity contribution in [3.63, 3.8) is 0 Å². The largest absolute Gasteiger partial charge is 0.503 e. The van der Waals surface area contributed by atoms with E-state index in [2.05, 4.69) is 0 Å². The first-order chi connectivity index (χ1) is 10.5. The smallest absolute Gasteiger partial charge is 0.320 e. The fraction of sp³-hybridized carbons (Fsp3) is 0.600. The Morgan fingerprint density at radius 3 is 2.82 bits per heavy atom. The minimum atomic E-state index is -0.862. The van der Waals surface area contributed by atoms with Crippen molar-refractivity contribution in [2.45, 2.75) is 44.8 Å². The number of rotatable bonds is 6. The fourth-order valence-electron chi connectivity index (χ4n) is 2.96. The van der Waals surface area contributed by atoms with E-state index in [0.29, 0.717) is 31.6 Å². The van der Waals surface area contributed by atoms with Gasteiger partial charge in [0.05, 0.1) is 18.8 Å². The number of pyridine rings is 1. The molecular weight excluding hydrogens is 288 g/mol. The van der Waals surface area contributed by atoms with Crippen LogP contribution in [0, 0.1) is 0 Å². The average molecular weight is 310 g/mol. The summed E-state index contributed by atoms with van der Waals surface area (Å²) in [6.45, 7) is 2.74. The predicted octanol–water partition coefficient (Wildman–Crippen LogP) is 0.546. The van der Waals surface area contributed by atoms with Crippen LogP contribution in [0.5, 0.6) is 5.75 Å². The van der Waals surface area contributed by atoms with Crippen LogP contribution in [0.1, 0.15) is 37.9 Å². The van der Waals surface area contributed by atoms with Crippen LogP contribution < -0.4 is 5.43 Å². The molecule has 1 aromatic heterocycles. The molecule has 2 rings (SSSR count). The molecule has 0 saturated carbocycles. The molecule has 0 spiro atoms. The summed E-state index contributed by atoms with van der Waals surface area (Å²) in [6.07, 6.45) is 3.35. The summed E-state index contributed by atoms with van der Waals surface area (Å²) in [5.41, 5.74) is 0.113. The number of aromatic nitrogens is 1. The first-order valence-electron chi connectivity index (χ1n) is 7.49. The van der Waals surface area contributed by atoms with Crippen molar-refractivity contribution >= 4 is 5.97 Å². The monoisotopic (exact) mass is 310 g/mol. The van der Waals surface area contributed by atoms with Gasteiger partial charge in [0.1, 0.15) is 6.04 Å². The molecule has 2 atom stereocenters. The molecule has 2 heterocycles. The summed E-state index contributed by atoms with van der Waals surface area (Å²) in [7, 11) is 0. The number of carbonyl (C=O) groups is 1. The van der Waals surface area contributed by atoms with Gasteiger partial charge in [0, 0.05) is 18.3 Å². The SMILES string of the molecule is CCC(CO)n1cc(O)c(=O)cc1CN1CCCC1C(=O)O. The molecule has 1 aliphatic rings. The van der Waals surface area contributed by atoms with Gasteiger partial charge in [-0.25, -0.2) is 0 Å². The van der Waals surface area contributed by atoms with Gasteiger partial charge in [-0.3, -0.25) is 14.5 Å².